The first-order valence-corrected chi connectivity index (χ1v) is 19.1. The highest BCUT2D eigenvalue weighted by atomic mass is 28.3. The van der Waals surface area contributed by atoms with Crippen molar-refractivity contribution in [1.82, 2.24) is 0 Å². The molecule has 0 bridgehead atoms. The van der Waals surface area contributed by atoms with E-state index >= 15 is 0 Å². The number of ether oxygens (including phenoxy) is 2. The van der Waals surface area contributed by atoms with Crippen molar-refractivity contribution >= 4 is 8.07 Å². The van der Waals surface area contributed by atoms with Crippen molar-refractivity contribution in [1.29, 1.82) is 0 Å². The molecule has 0 aromatic carbocycles. The summed E-state index contributed by atoms with van der Waals surface area (Å²) in [5.41, 5.74) is 6.00. The van der Waals surface area contributed by atoms with Crippen LogP contribution in [0.25, 0.3) is 0 Å². The van der Waals surface area contributed by atoms with Crippen LogP contribution in [-0.4, -0.2) is 27.1 Å². The molecule has 5 aliphatic rings. The fourth-order valence-corrected chi connectivity index (χ4v) is 9.81. The molecular weight excluding hydrogens is 468 g/mol. The van der Waals surface area contributed by atoms with Gasteiger partial charge in [0, 0.05) is 13.0 Å². The summed E-state index contributed by atoms with van der Waals surface area (Å²) >= 11 is 0. The number of rotatable bonds is 4. The van der Waals surface area contributed by atoms with E-state index in [0.29, 0.717) is 22.9 Å². The van der Waals surface area contributed by atoms with Gasteiger partial charge >= 0.3 is 0 Å². The van der Waals surface area contributed by atoms with Crippen LogP contribution in [0.2, 0.25) is 19.6 Å². The monoisotopic (exact) mass is 520 g/mol. The average Bonchev–Trinajstić information content (AvgIpc) is 3.21. The van der Waals surface area contributed by atoms with Gasteiger partial charge in [0.2, 0.25) is 0 Å². The smallest absolute Gasteiger partial charge is 0.157 e. The molecule has 204 valence electrons. The van der Waals surface area contributed by atoms with Crippen molar-refractivity contribution in [2.24, 2.45) is 40.4 Å². The Morgan fingerprint density at radius 2 is 1.86 bits per heavy atom. The van der Waals surface area contributed by atoms with Crippen molar-refractivity contribution < 1.29 is 9.47 Å². The first-order chi connectivity index (χ1) is 17.6. The summed E-state index contributed by atoms with van der Waals surface area (Å²) < 4.78 is 12.4. The minimum atomic E-state index is -1.33. The van der Waals surface area contributed by atoms with Crippen molar-refractivity contribution in [3.05, 3.63) is 11.6 Å². The van der Waals surface area contributed by atoms with E-state index in [1.165, 1.54) is 57.8 Å². The molecule has 4 fully saturated rings. The van der Waals surface area contributed by atoms with Crippen LogP contribution in [0, 0.1) is 63.7 Å². The Bertz CT molecular complexity index is 979. The molecule has 1 saturated heterocycles. The van der Waals surface area contributed by atoms with Gasteiger partial charge in [0.25, 0.3) is 0 Å². The van der Waals surface area contributed by atoms with E-state index in [2.05, 4.69) is 69.8 Å². The van der Waals surface area contributed by atoms with Crippen LogP contribution in [0.3, 0.4) is 0 Å². The summed E-state index contributed by atoms with van der Waals surface area (Å²) in [5.74, 6) is 13.9. The quantitative estimate of drug-likeness (QED) is 0.210. The van der Waals surface area contributed by atoms with Gasteiger partial charge in [-0.1, -0.05) is 58.0 Å². The molecule has 0 spiro atoms. The Morgan fingerprint density at radius 1 is 1.03 bits per heavy atom. The predicted molar refractivity (Wildman–Crippen MR) is 156 cm³/mol. The van der Waals surface area contributed by atoms with Crippen LogP contribution >= 0.6 is 0 Å². The van der Waals surface area contributed by atoms with E-state index < -0.39 is 8.07 Å². The molecule has 1 aliphatic heterocycles. The lowest BCUT2D eigenvalue weighted by Gasteiger charge is -2.58. The third-order valence-electron chi connectivity index (χ3n) is 11.3. The fourth-order valence-electron chi connectivity index (χ4n) is 9.37. The molecule has 1 heterocycles. The van der Waals surface area contributed by atoms with E-state index in [-0.39, 0.29) is 6.29 Å². The first-order valence-electron chi connectivity index (χ1n) is 15.6. The molecular formula is C34H52O2Si. The van der Waals surface area contributed by atoms with Crippen LogP contribution in [0.5, 0.6) is 0 Å². The van der Waals surface area contributed by atoms with Gasteiger partial charge < -0.3 is 9.47 Å². The highest BCUT2D eigenvalue weighted by Gasteiger charge is 2.59. The molecule has 0 aromatic rings. The normalized spacial score (nSPS) is 42.1. The van der Waals surface area contributed by atoms with Crippen LogP contribution in [0.1, 0.15) is 97.8 Å². The second-order valence-corrected chi connectivity index (χ2v) is 19.5. The fraction of sp³-hybridized carbons (Fsp3) is 0.824. The molecule has 3 heteroatoms. The van der Waals surface area contributed by atoms with Crippen molar-refractivity contribution in [2.75, 3.05) is 6.61 Å². The minimum absolute atomic E-state index is 0.0462. The molecule has 9 atom stereocenters. The minimum Gasteiger partial charge on any atom is -0.353 e. The number of fused-ring (bicyclic) bond motifs is 5. The Kier molecular flexibility index (Phi) is 8.10. The zero-order chi connectivity index (χ0) is 26.3. The summed E-state index contributed by atoms with van der Waals surface area (Å²) in [6.45, 7) is 15.5. The maximum atomic E-state index is 6.47. The van der Waals surface area contributed by atoms with E-state index in [1.807, 2.05) is 0 Å². The topological polar surface area (TPSA) is 18.5 Å². The van der Waals surface area contributed by atoms with Gasteiger partial charge in [0.05, 0.1) is 6.10 Å². The average molecular weight is 521 g/mol. The molecule has 1 unspecified atom stereocenters. The van der Waals surface area contributed by atoms with Crippen LogP contribution in [0.4, 0.5) is 0 Å². The molecule has 37 heavy (non-hydrogen) atoms. The predicted octanol–water partition coefficient (Wildman–Crippen LogP) is 8.39. The molecule has 4 aliphatic carbocycles. The third-order valence-corrected chi connectivity index (χ3v) is 12.2. The molecule has 0 amide bonds. The summed E-state index contributed by atoms with van der Waals surface area (Å²) in [6, 6.07) is 0. The van der Waals surface area contributed by atoms with Crippen molar-refractivity contribution in [2.45, 2.75) is 130 Å². The Morgan fingerprint density at radius 3 is 2.62 bits per heavy atom. The zero-order valence-electron chi connectivity index (χ0n) is 24.6. The van der Waals surface area contributed by atoms with Gasteiger partial charge in [-0.15, -0.1) is 5.54 Å². The summed E-state index contributed by atoms with van der Waals surface area (Å²) in [7, 11) is -1.33. The Hall–Kier alpha value is -1.00. The molecule has 5 rings (SSSR count). The number of hydrogen-bond acceptors (Lipinski definition) is 2. The highest BCUT2D eigenvalue weighted by molar-refractivity contribution is 6.83. The lowest BCUT2D eigenvalue weighted by molar-refractivity contribution is -0.195. The van der Waals surface area contributed by atoms with Crippen molar-refractivity contribution in [3.63, 3.8) is 0 Å². The third kappa shape index (κ3) is 5.67. The highest BCUT2D eigenvalue weighted by Crippen LogP contribution is 2.67. The van der Waals surface area contributed by atoms with Crippen LogP contribution < -0.4 is 0 Å². The van der Waals surface area contributed by atoms with E-state index in [4.69, 9.17) is 9.47 Å². The van der Waals surface area contributed by atoms with Crippen molar-refractivity contribution in [3.8, 4) is 23.3 Å². The van der Waals surface area contributed by atoms with Gasteiger partial charge in [0.15, 0.2) is 6.29 Å². The summed E-state index contributed by atoms with van der Waals surface area (Å²) in [6.07, 6.45) is 18.2. The van der Waals surface area contributed by atoms with Gasteiger partial charge in [-0.25, -0.2) is 0 Å². The van der Waals surface area contributed by atoms with Gasteiger partial charge in [-0.3, -0.25) is 0 Å². The molecule has 0 aromatic heterocycles. The Labute approximate surface area is 229 Å². The molecule has 0 N–H and O–H groups in total. The zero-order valence-corrected chi connectivity index (χ0v) is 25.6. The summed E-state index contributed by atoms with van der Waals surface area (Å²) in [4.78, 5) is 0. The van der Waals surface area contributed by atoms with E-state index in [1.54, 1.807) is 5.57 Å². The Balaban J connectivity index is 1.24. The number of hydrogen-bond donors (Lipinski definition) is 0. The lowest BCUT2D eigenvalue weighted by Crippen LogP contribution is -2.51. The summed E-state index contributed by atoms with van der Waals surface area (Å²) in [5, 5.41) is 0. The standard InChI is InChI=1S/C34H52O2Si/c1-25(12-8-7-11-23-37(4,5)6)29-16-17-30-28-15-14-26-24-27(36-32-13-9-10-22-35-32)18-20-33(26,2)31(28)19-21-34(29,30)3/h14,25,27-32H,9-10,12-13,15-22,24H2,1-6H3/t25-,27+,28+,29-,30+,31+,32?,33+,34-/m1/s1. The van der Waals surface area contributed by atoms with Gasteiger partial charge in [-0.2, -0.15) is 0 Å². The lowest BCUT2D eigenvalue weighted by atomic mass is 9.47. The SMILES string of the molecule is C[C@H](CC#CC#C[Si](C)(C)C)[C@H]1CC[C@H]2[C@@H]3CC=C4C[C@@H](OC5CCCCO5)CC[C@]4(C)[C@H]3CC[C@]12C. The van der Waals surface area contributed by atoms with Gasteiger partial charge in [-0.05, 0) is 123 Å². The van der Waals surface area contributed by atoms with Crippen LogP contribution in [0.15, 0.2) is 11.6 Å². The maximum absolute atomic E-state index is 6.47. The first kappa shape index (κ1) is 27.6. The molecule has 0 radical (unpaired) electrons. The molecule has 3 saturated carbocycles. The van der Waals surface area contributed by atoms with Crippen LogP contribution in [-0.2, 0) is 9.47 Å². The van der Waals surface area contributed by atoms with Gasteiger partial charge in [0.1, 0.15) is 8.07 Å². The maximum Gasteiger partial charge on any atom is 0.157 e. The largest absolute Gasteiger partial charge is 0.353 e. The second kappa shape index (κ2) is 10.9. The van der Waals surface area contributed by atoms with E-state index in [0.717, 1.165) is 49.5 Å². The number of allylic oxidation sites excluding steroid dienone is 1. The second-order valence-electron chi connectivity index (χ2n) is 14.8. The van der Waals surface area contributed by atoms with E-state index in [9.17, 15) is 0 Å². The molecule has 2 nitrogen and oxygen atoms in total.